The van der Waals surface area contributed by atoms with Crippen LogP contribution in [0.4, 0.5) is 0 Å². The van der Waals surface area contributed by atoms with Crippen molar-refractivity contribution >= 4 is 59.8 Å². The fraction of sp³-hybridized carbons (Fsp3) is 0. The van der Waals surface area contributed by atoms with Crippen LogP contribution < -0.4 is 0 Å². The van der Waals surface area contributed by atoms with Gasteiger partial charge in [0.15, 0.2) is 0 Å². The Balaban J connectivity index is 2.32. The van der Waals surface area contributed by atoms with E-state index >= 15 is 0 Å². The molecule has 3 aromatic rings. The second-order valence-electron chi connectivity index (χ2n) is 3.63. The van der Waals surface area contributed by atoms with Gasteiger partial charge in [-0.05, 0) is 0 Å². The molecule has 0 saturated heterocycles. The summed E-state index contributed by atoms with van der Waals surface area (Å²) in [6.07, 6.45) is 0. The third kappa shape index (κ3) is 2.04. The van der Waals surface area contributed by atoms with E-state index in [4.69, 9.17) is 35.4 Å². The summed E-state index contributed by atoms with van der Waals surface area (Å²) in [4.78, 5) is 4.05. The SMILES string of the molecule is S=c1c2ccccc2[se]n1-c1ccc(Cl)nc1Cl. The molecule has 0 aliphatic rings. The van der Waals surface area contributed by atoms with Crippen LogP contribution in [0.3, 0.4) is 0 Å². The van der Waals surface area contributed by atoms with Crippen molar-refractivity contribution in [3.63, 3.8) is 0 Å². The van der Waals surface area contributed by atoms with Crippen LogP contribution in [0.25, 0.3) is 15.3 Å². The Bertz CT molecular complexity index is 794. The monoisotopic (exact) mass is 360 g/mol. The normalized spacial score (nSPS) is 11.0. The number of nitrogens with zero attached hydrogens (tertiary/aromatic N) is 2. The van der Waals surface area contributed by atoms with E-state index in [1.807, 2.05) is 27.8 Å². The molecule has 6 heteroatoms. The van der Waals surface area contributed by atoms with E-state index < -0.39 is 0 Å². The molecule has 2 heterocycles. The fourth-order valence-electron chi connectivity index (χ4n) is 1.69. The molecule has 0 atom stereocenters. The molecule has 2 nitrogen and oxygen atoms in total. The third-order valence-corrected chi connectivity index (χ3v) is 6.00. The molecule has 0 aliphatic carbocycles. The van der Waals surface area contributed by atoms with E-state index in [2.05, 4.69) is 11.1 Å². The van der Waals surface area contributed by atoms with Gasteiger partial charge in [0, 0.05) is 0 Å². The van der Waals surface area contributed by atoms with E-state index in [0.29, 0.717) is 10.3 Å². The number of rotatable bonds is 1. The van der Waals surface area contributed by atoms with Crippen molar-refractivity contribution in [2.75, 3.05) is 0 Å². The van der Waals surface area contributed by atoms with E-state index in [-0.39, 0.29) is 14.7 Å². The zero-order chi connectivity index (χ0) is 12.7. The molecule has 90 valence electrons. The van der Waals surface area contributed by atoms with Gasteiger partial charge in [0.1, 0.15) is 0 Å². The Labute approximate surface area is 125 Å². The molecule has 0 fully saturated rings. The molecular weight excluding hydrogens is 354 g/mol. The summed E-state index contributed by atoms with van der Waals surface area (Å²) in [6.45, 7) is 0. The molecule has 0 spiro atoms. The van der Waals surface area contributed by atoms with Crippen molar-refractivity contribution in [3.8, 4) is 5.69 Å². The zero-order valence-electron chi connectivity index (χ0n) is 8.93. The number of hydrogen-bond acceptors (Lipinski definition) is 2. The topological polar surface area (TPSA) is 17.8 Å². The maximum absolute atomic E-state index is 6.13. The van der Waals surface area contributed by atoms with Crippen molar-refractivity contribution in [2.24, 2.45) is 0 Å². The summed E-state index contributed by atoms with van der Waals surface area (Å²) in [5, 5.41) is 1.89. The summed E-state index contributed by atoms with van der Waals surface area (Å²) in [6, 6.07) is 11.7. The number of aromatic nitrogens is 2. The summed E-state index contributed by atoms with van der Waals surface area (Å²) in [5.41, 5.74) is 0.822. The van der Waals surface area contributed by atoms with Crippen LogP contribution >= 0.6 is 35.4 Å². The van der Waals surface area contributed by atoms with Gasteiger partial charge >= 0.3 is 125 Å². The van der Waals surface area contributed by atoms with Crippen LogP contribution in [0, 0.1) is 4.64 Å². The number of halogens is 2. The maximum atomic E-state index is 6.13. The first-order chi connectivity index (χ1) is 8.66. The first-order valence-electron chi connectivity index (χ1n) is 5.10. The average molecular weight is 360 g/mol. The summed E-state index contributed by atoms with van der Waals surface area (Å²) >= 11 is 17.5. The molecule has 0 saturated carbocycles. The minimum atomic E-state index is 0.104. The van der Waals surface area contributed by atoms with Crippen LogP contribution in [0.15, 0.2) is 36.4 Å². The Morgan fingerprint density at radius 2 is 1.89 bits per heavy atom. The number of pyridine rings is 1. The zero-order valence-corrected chi connectivity index (χ0v) is 13.0. The van der Waals surface area contributed by atoms with Crippen LogP contribution in [-0.2, 0) is 0 Å². The molecule has 1 aromatic carbocycles. The van der Waals surface area contributed by atoms with E-state index in [1.54, 1.807) is 6.07 Å². The van der Waals surface area contributed by atoms with E-state index in [9.17, 15) is 0 Å². The molecule has 0 radical (unpaired) electrons. The predicted molar refractivity (Wildman–Crippen MR) is 78.9 cm³/mol. The Morgan fingerprint density at radius 3 is 2.61 bits per heavy atom. The van der Waals surface area contributed by atoms with Gasteiger partial charge in [0.25, 0.3) is 0 Å². The molecule has 0 amide bonds. The standard InChI is InChI=1S/C12H6Cl2N2SSe/c13-10-6-5-8(11(14)15-10)16-12(17)7-3-1-2-4-9(7)18-16/h1-6H. The predicted octanol–water partition coefficient (Wildman–Crippen LogP) is 4.12. The van der Waals surface area contributed by atoms with Gasteiger partial charge in [-0.15, -0.1) is 0 Å². The molecule has 0 N–H and O–H groups in total. The Kier molecular flexibility index (Phi) is 3.30. The van der Waals surface area contributed by atoms with Gasteiger partial charge in [0.05, 0.1) is 0 Å². The van der Waals surface area contributed by atoms with Crippen molar-refractivity contribution in [2.45, 2.75) is 0 Å². The fourth-order valence-corrected chi connectivity index (χ4v) is 5.00. The average Bonchev–Trinajstić information content (AvgIpc) is 2.68. The van der Waals surface area contributed by atoms with Gasteiger partial charge < -0.3 is 0 Å². The third-order valence-electron chi connectivity index (χ3n) is 2.51. The molecular formula is C12H6Cl2N2SSe. The van der Waals surface area contributed by atoms with Gasteiger partial charge in [-0.3, -0.25) is 0 Å². The van der Waals surface area contributed by atoms with Gasteiger partial charge in [0.2, 0.25) is 0 Å². The summed E-state index contributed by atoms with van der Waals surface area (Å²) in [5.74, 6) is 0. The second-order valence-corrected chi connectivity index (χ2v) is 6.83. The van der Waals surface area contributed by atoms with Gasteiger partial charge in [-0.2, -0.15) is 0 Å². The van der Waals surface area contributed by atoms with Crippen molar-refractivity contribution in [3.05, 3.63) is 51.3 Å². The summed E-state index contributed by atoms with van der Waals surface area (Å²) < 4.78 is 4.11. The van der Waals surface area contributed by atoms with Gasteiger partial charge in [-0.1, -0.05) is 0 Å². The molecule has 18 heavy (non-hydrogen) atoms. The molecule has 0 unspecified atom stereocenters. The van der Waals surface area contributed by atoms with Crippen molar-refractivity contribution in [1.82, 2.24) is 8.55 Å². The van der Waals surface area contributed by atoms with E-state index in [0.717, 1.165) is 15.7 Å². The Morgan fingerprint density at radius 1 is 1.11 bits per heavy atom. The first-order valence-corrected chi connectivity index (χ1v) is 7.89. The van der Waals surface area contributed by atoms with Crippen molar-refractivity contribution in [1.29, 1.82) is 0 Å². The summed E-state index contributed by atoms with van der Waals surface area (Å²) in [7, 11) is 0. The van der Waals surface area contributed by atoms with Crippen LogP contribution in [0.2, 0.25) is 10.3 Å². The number of benzene rings is 1. The first kappa shape index (κ1) is 12.4. The minimum absolute atomic E-state index is 0.104. The quantitative estimate of drug-likeness (QED) is 0.369. The molecule has 0 bridgehead atoms. The molecule has 2 aromatic heterocycles. The number of hydrogen-bond donors (Lipinski definition) is 0. The van der Waals surface area contributed by atoms with E-state index in [1.165, 1.54) is 4.26 Å². The van der Waals surface area contributed by atoms with Crippen LogP contribution in [-0.4, -0.2) is 23.3 Å². The van der Waals surface area contributed by atoms with Crippen molar-refractivity contribution < 1.29 is 0 Å². The molecule has 3 rings (SSSR count). The van der Waals surface area contributed by atoms with Crippen LogP contribution in [0.1, 0.15) is 0 Å². The Hall–Kier alpha value is -0.641. The molecule has 0 aliphatic heterocycles. The van der Waals surface area contributed by atoms with Crippen LogP contribution in [0.5, 0.6) is 0 Å². The second kappa shape index (κ2) is 4.80. The van der Waals surface area contributed by atoms with Gasteiger partial charge in [-0.25, -0.2) is 0 Å². The number of fused-ring (bicyclic) bond motifs is 1.